The molecule has 0 saturated carbocycles. The second kappa shape index (κ2) is 12.1. The van der Waals surface area contributed by atoms with E-state index in [9.17, 15) is 0 Å². The number of thiol groups is 1. The Kier molecular flexibility index (Phi) is 12.2. The van der Waals surface area contributed by atoms with Crippen molar-refractivity contribution in [2.45, 2.75) is 64.7 Å². The van der Waals surface area contributed by atoms with Crippen LogP contribution in [0, 0.1) is 0 Å². The third kappa shape index (κ3) is 12.1. The average Bonchev–Trinajstić information content (AvgIpc) is 2.16. The highest BCUT2D eigenvalue weighted by molar-refractivity contribution is 7.83. The summed E-state index contributed by atoms with van der Waals surface area (Å²) in [5.41, 5.74) is 0. The van der Waals surface area contributed by atoms with E-state index in [0.717, 1.165) is 0 Å². The summed E-state index contributed by atoms with van der Waals surface area (Å²) in [6, 6.07) is 0. The Hall–Kier alpha value is 0.0900. The Morgan fingerprint density at radius 2 is 1.38 bits per heavy atom. The van der Waals surface area contributed by atoms with E-state index in [1.807, 2.05) is 5.41 Å². The van der Waals surface area contributed by atoms with E-state index in [2.05, 4.69) is 25.6 Å². The van der Waals surface area contributed by atoms with Crippen molar-refractivity contribution < 1.29 is 0 Å². The molecule has 13 heavy (non-hydrogen) atoms. The van der Waals surface area contributed by atoms with E-state index < -0.39 is 0 Å². The van der Waals surface area contributed by atoms with Gasteiger partial charge >= 0.3 is 0 Å². The quantitative estimate of drug-likeness (QED) is 0.394. The smallest absolute Gasteiger partial charge is 0.0343 e. The Labute approximate surface area is 89.2 Å². The highest BCUT2D eigenvalue weighted by Gasteiger charge is 1.89. The minimum Gasteiger partial charge on any atom is -0.152 e. The molecule has 0 aromatic heterocycles. The van der Waals surface area contributed by atoms with Crippen LogP contribution in [0.15, 0.2) is 11.5 Å². The summed E-state index contributed by atoms with van der Waals surface area (Å²) in [6.45, 7) is 2.27. The predicted molar refractivity (Wildman–Crippen MR) is 65.4 cm³/mol. The van der Waals surface area contributed by atoms with E-state index in [1.54, 1.807) is 0 Å². The Morgan fingerprint density at radius 3 is 1.92 bits per heavy atom. The highest BCUT2D eigenvalue weighted by Crippen LogP contribution is 2.09. The molecule has 0 amide bonds. The number of hydrogen-bond acceptors (Lipinski definition) is 1. The molecule has 78 valence electrons. The molecule has 0 radical (unpaired) electrons. The van der Waals surface area contributed by atoms with Crippen molar-refractivity contribution in [3.63, 3.8) is 0 Å². The molecule has 0 atom stereocenters. The lowest BCUT2D eigenvalue weighted by Crippen LogP contribution is -1.79. The zero-order chi connectivity index (χ0) is 9.78. The van der Waals surface area contributed by atoms with Crippen LogP contribution in [0.4, 0.5) is 0 Å². The summed E-state index contributed by atoms with van der Waals surface area (Å²) in [7, 11) is 0. The number of allylic oxidation sites excluding steroid dienone is 1. The summed E-state index contributed by atoms with van der Waals surface area (Å²) in [4.78, 5) is 0. The monoisotopic (exact) mass is 200 g/mol. The number of rotatable bonds is 9. The molecule has 0 unspecified atom stereocenters. The van der Waals surface area contributed by atoms with E-state index in [-0.39, 0.29) is 0 Å². The van der Waals surface area contributed by atoms with Gasteiger partial charge in [0.05, 0.1) is 0 Å². The van der Waals surface area contributed by atoms with Crippen molar-refractivity contribution in [2.75, 3.05) is 0 Å². The molecule has 0 rings (SSSR count). The van der Waals surface area contributed by atoms with Gasteiger partial charge in [-0.3, -0.25) is 0 Å². The van der Waals surface area contributed by atoms with Gasteiger partial charge in [0, 0.05) is 0 Å². The van der Waals surface area contributed by atoms with Crippen molar-refractivity contribution in [2.24, 2.45) is 0 Å². The predicted octanol–water partition coefficient (Wildman–Crippen LogP) is 4.96. The molecule has 0 spiro atoms. The van der Waals surface area contributed by atoms with Crippen molar-refractivity contribution in [1.29, 1.82) is 0 Å². The highest BCUT2D eigenvalue weighted by atomic mass is 32.1. The fourth-order valence-electron chi connectivity index (χ4n) is 1.47. The fraction of sp³-hybridized carbons (Fsp3) is 0.833. The van der Waals surface area contributed by atoms with Gasteiger partial charge in [-0.2, -0.15) is 12.6 Å². The third-order valence-corrected chi connectivity index (χ3v) is 2.54. The van der Waals surface area contributed by atoms with Crippen LogP contribution < -0.4 is 0 Å². The van der Waals surface area contributed by atoms with Crippen LogP contribution in [0.5, 0.6) is 0 Å². The van der Waals surface area contributed by atoms with Gasteiger partial charge in [0.1, 0.15) is 0 Å². The number of hydrogen-bond donors (Lipinski definition) is 1. The summed E-state index contributed by atoms with van der Waals surface area (Å²) in [5, 5.41) is 1.85. The Balaban J connectivity index is 2.83. The molecule has 0 bridgehead atoms. The summed E-state index contributed by atoms with van der Waals surface area (Å²) in [5.74, 6) is 0. The molecule has 0 aromatic rings. The molecule has 0 N–H and O–H groups in total. The summed E-state index contributed by atoms with van der Waals surface area (Å²) in [6.07, 6.45) is 14.6. The summed E-state index contributed by atoms with van der Waals surface area (Å²) < 4.78 is 0. The number of unbranched alkanes of at least 4 members (excludes halogenated alkanes) is 8. The average molecular weight is 200 g/mol. The van der Waals surface area contributed by atoms with Crippen molar-refractivity contribution in [1.82, 2.24) is 0 Å². The van der Waals surface area contributed by atoms with Gasteiger partial charge in [0.25, 0.3) is 0 Å². The SMILES string of the molecule is CCCCCCCCCC/C=C/S. The minimum atomic E-state index is 1.21. The van der Waals surface area contributed by atoms with Gasteiger partial charge in [0.2, 0.25) is 0 Å². The normalized spacial score (nSPS) is 11.2. The molecule has 0 nitrogen and oxygen atoms in total. The second-order valence-electron chi connectivity index (χ2n) is 3.65. The molecule has 0 aliphatic heterocycles. The van der Waals surface area contributed by atoms with Crippen LogP contribution in [0.25, 0.3) is 0 Å². The molecule has 0 fully saturated rings. The zero-order valence-electron chi connectivity index (χ0n) is 8.97. The molecule has 0 aliphatic rings. The van der Waals surface area contributed by atoms with Crippen LogP contribution >= 0.6 is 12.6 Å². The maximum Gasteiger partial charge on any atom is -0.0343 e. The Bertz CT molecular complexity index is 108. The minimum absolute atomic E-state index is 1.21. The van der Waals surface area contributed by atoms with Crippen LogP contribution in [0.2, 0.25) is 0 Å². The standard InChI is InChI=1S/C12H24S/c1-2-3-4-5-6-7-8-9-10-11-12-13/h11-13H,2-10H2,1H3/b12-11+. The molecule has 1 heteroatoms. The van der Waals surface area contributed by atoms with Gasteiger partial charge in [-0.15, -0.1) is 0 Å². The van der Waals surface area contributed by atoms with E-state index in [4.69, 9.17) is 0 Å². The van der Waals surface area contributed by atoms with E-state index >= 15 is 0 Å². The molecular formula is C12H24S. The molecule has 0 heterocycles. The van der Waals surface area contributed by atoms with Crippen LogP contribution in [-0.4, -0.2) is 0 Å². The lowest BCUT2D eigenvalue weighted by Gasteiger charge is -1.99. The first-order chi connectivity index (χ1) is 6.41. The first-order valence-electron chi connectivity index (χ1n) is 5.71. The first-order valence-corrected chi connectivity index (χ1v) is 6.22. The van der Waals surface area contributed by atoms with Gasteiger partial charge in [-0.05, 0) is 18.2 Å². The van der Waals surface area contributed by atoms with E-state index in [0.29, 0.717) is 0 Å². The summed E-state index contributed by atoms with van der Waals surface area (Å²) >= 11 is 4.02. The topological polar surface area (TPSA) is 0 Å². The van der Waals surface area contributed by atoms with Crippen molar-refractivity contribution in [3.05, 3.63) is 11.5 Å². The largest absolute Gasteiger partial charge is 0.152 e. The fourth-order valence-corrected chi connectivity index (χ4v) is 1.62. The molecule has 0 saturated heterocycles. The van der Waals surface area contributed by atoms with Crippen molar-refractivity contribution in [3.8, 4) is 0 Å². The maximum atomic E-state index is 4.02. The van der Waals surface area contributed by atoms with Crippen LogP contribution in [0.3, 0.4) is 0 Å². The first kappa shape index (κ1) is 13.1. The second-order valence-corrected chi connectivity index (χ2v) is 3.95. The molecule has 0 aromatic carbocycles. The molecule has 0 aliphatic carbocycles. The third-order valence-electron chi connectivity index (χ3n) is 2.33. The maximum absolute atomic E-state index is 4.02. The van der Waals surface area contributed by atoms with Gasteiger partial charge in [0.15, 0.2) is 0 Å². The van der Waals surface area contributed by atoms with Crippen LogP contribution in [0.1, 0.15) is 64.7 Å². The molecular weight excluding hydrogens is 176 g/mol. The Morgan fingerprint density at radius 1 is 0.846 bits per heavy atom. The van der Waals surface area contributed by atoms with Gasteiger partial charge < -0.3 is 0 Å². The lowest BCUT2D eigenvalue weighted by atomic mass is 10.1. The van der Waals surface area contributed by atoms with Crippen molar-refractivity contribution >= 4 is 12.6 Å². The lowest BCUT2D eigenvalue weighted by molar-refractivity contribution is 0.578. The van der Waals surface area contributed by atoms with Gasteiger partial charge in [-0.1, -0.05) is 57.9 Å². The van der Waals surface area contributed by atoms with E-state index in [1.165, 1.54) is 57.8 Å². The van der Waals surface area contributed by atoms with Crippen LogP contribution in [-0.2, 0) is 0 Å². The van der Waals surface area contributed by atoms with Gasteiger partial charge in [-0.25, -0.2) is 0 Å². The zero-order valence-corrected chi connectivity index (χ0v) is 9.86.